The summed E-state index contributed by atoms with van der Waals surface area (Å²) >= 11 is 0. The van der Waals surface area contributed by atoms with Crippen LogP contribution in [0.1, 0.15) is 25.0 Å². The number of rotatable bonds is 12. The predicted molar refractivity (Wildman–Crippen MR) is 214 cm³/mol. The first-order valence-corrected chi connectivity index (χ1v) is 17.0. The molecule has 0 radical (unpaired) electrons. The molecule has 0 aromatic carbocycles. The van der Waals surface area contributed by atoms with Crippen LogP contribution in [0.3, 0.4) is 0 Å². The maximum absolute atomic E-state index is 4.83. The standard InChI is InChI=1S/C46H38N6/c1-35(19-5-7-21-37-31-43(39-23-9-13-27-47-39)51-44(32-37)40-24-10-14-28-48-40)17-3-4-18-36(2)20-6-8-22-38-33-45(41-25-11-15-29-49-41)52-46(34-38)42-26-12-16-30-50-42/h3-34H,1-2H3/b4-3+,19-5+,20-6+,21-7+,22-8+,35-17+,36-18+. The topological polar surface area (TPSA) is 77.3 Å². The monoisotopic (exact) mass is 674 g/mol. The molecular formula is C46H38N6. The van der Waals surface area contributed by atoms with E-state index in [0.29, 0.717) is 0 Å². The number of pyridine rings is 6. The zero-order valence-electron chi connectivity index (χ0n) is 29.2. The molecule has 0 saturated heterocycles. The highest BCUT2D eigenvalue weighted by Gasteiger charge is 2.09. The highest BCUT2D eigenvalue weighted by Crippen LogP contribution is 2.25. The lowest BCUT2D eigenvalue weighted by Crippen LogP contribution is -1.93. The van der Waals surface area contributed by atoms with E-state index < -0.39 is 0 Å². The van der Waals surface area contributed by atoms with Crippen LogP contribution in [0, 0.1) is 0 Å². The van der Waals surface area contributed by atoms with Gasteiger partial charge in [-0.25, -0.2) is 9.97 Å². The summed E-state index contributed by atoms with van der Waals surface area (Å²) < 4.78 is 0. The Hall–Kier alpha value is -6.92. The van der Waals surface area contributed by atoms with Crippen LogP contribution >= 0.6 is 0 Å². The van der Waals surface area contributed by atoms with Crippen LogP contribution in [0.4, 0.5) is 0 Å². The molecule has 0 fully saturated rings. The van der Waals surface area contributed by atoms with E-state index in [0.717, 1.165) is 67.8 Å². The normalized spacial score (nSPS) is 12.7. The summed E-state index contributed by atoms with van der Waals surface area (Å²) in [4.78, 5) is 27.6. The number of allylic oxidation sites excluding steroid dienone is 12. The van der Waals surface area contributed by atoms with E-state index in [1.54, 1.807) is 24.8 Å². The summed E-state index contributed by atoms with van der Waals surface area (Å²) in [5.74, 6) is 0. The van der Waals surface area contributed by atoms with Crippen molar-refractivity contribution in [2.24, 2.45) is 0 Å². The minimum absolute atomic E-state index is 0.807. The molecule has 0 aliphatic rings. The molecule has 0 N–H and O–H groups in total. The highest BCUT2D eigenvalue weighted by atomic mass is 14.8. The lowest BCUT2D eigenvalue weighted by atomic mass is 10.1. The lowest BCUT2D eigenvalue weighted by molar-refractivity contribution is 1.21. The first-order chi connectivity index (χ1) is 25.6. The third-order valence-corrected chi connectivity index (χ3v) is 7.75. The lowest BCUT2D eigenvalue weighted by Gasteiger charge is -2.06. The molecule has 6 rings (SSSR count). The van der Waals surface area contributed by atoms with Crippen LogP contribution in [0.5, 0.6) is 0 Å². The molecule has 0 amide bonds. The van der Waals surface area contributed by atoms with Crippen LogP contribution < -0.4 is 0 Å². The minimum atomic E-state index is 0.807. The quantitative estimate of drug-likeness (QED) is 0.120. The van der Waals surface area contributed by atoms with Crippen molar-refractivity contribution in [3.63, 3.8) is 0 Å². The SMILES string of the molecule is CC(/C=C/C=C/c1cc(-c2ccccn2)nc(-c2ccccn2)c1)=C\C=C\C=C(C)\C=C\C=C\c1cc(-c2ccccn2)nc(-c2ccccn2)c1. The van der Waals surface area contributed by atoms with Crippen molar-refractivity contribution in [2.75, 3.05) is 0 Å². The first-order valence-electron chi connectivity index (χ1n) is 17.0. The molecule has 6 heterocycles. The van der Waals surface area contributed by atoms with Crippen molar-refractivity contribution < 1.29 is 0 Å². The third kappa shape index (κ3) is 10.3. The Kier molecular flexibility index (Phi) is 12.2. The Balaban J connectivity index is 1.07. The molecule has 0 atom stereocenters. The Morgan fingerprint density at radius 1 is 0.385 bits per heavy atom. The van der Waals surface area contributed by atoms with Gasteiger partial charge in [0.05, 0.1) is 45.6 Å². The second-order valence-electron chi connectivity index (χ2n) is 11.8. The Morgan fingerprint density at radius 3 is 1.00 bits per heavy atom. The first kappa shape index (κ1) is 34.9. The summed E-state index contributed by atoms with van der Waals surface area (Å²) in [6.07, 6.45) is 31.9. The van der Waals surface area contributed by atoms with Gasteiger partial charge in [-0.3, -0.25) is 19.9 Å². The molecule has 252 valence electrons. The maximum atomic E-state index is 4.83. The van der Waals surface area contributed by atoms with Crippen molar-refractivity contribution >= 4 is 12.2 Å². The van der Waals surface area contributed by atoms with Crippen molar-refractivity contribution in [1.29, 1.82) is 0 Å². The van der Waals surface area contributed by atoms with E-state index in [9.17, 15) is 0 Å². The number of nitrogens with zero attached hydrogens (tertiary/aromatic N) is 6. The summed E-state index contributed by atoms with van der Waals surface area (Å²) in [7, 11) is 0. The van der Waals surface area contributed by atoms with E-state index in [4.69, 9.17) is 9.97 Å². The second kappa shape index (κ2) is 18.2. The summed E-state index contributed by atoms with van der Waals surface area (Å²) in [5, 5.41) is 0. The van der Waals surface area contributed by atoms with E-state index >= 15 is 0 Å². The molecular weight excluding hydrogens is 637 g/mol. The fourth-order valence-corrected chi connectivity index (χ4v) is 5.15. The van der Waals surface area contributed by atoms with Gasteiger partial charge < -0.3 is 0 Å². The van der Waals surface area contributed by atoms with Gasteiger partial charge in [0.1, 0.15) is 0 Å². The summed E-state index contributed by atoms with van der Waals surface area (Å²) in [6, 6.07) is 31.5. The van der Waals surface area contributed by atoms with Crippen LogP contribution in [-0.2, 0) is 0 Å². The smallest absolute Gasteiger partial charge is 0.0900 e. The molecule has 52 heavy (non-hydrogen) atoms. The fraction of sp³-hybridized carbons (Fsp3) is 0.0435. The van der Waals surface area contributed by atoms with Gasteiger partial charge >= 0.3 is 0 Å². The molecule has 0 aliphatic heterocycles. The van der Waals surface area contributed by atoms with Crippen LogP contribution in [-0.4, -0.2) is 29.9 Å². The zero-order valence-corrected chi connectivity index (χ0v) is 29.2. The minimum Gasteiger partial charge on any atom is -0.255 e. The average Bonchev–Trinajstić information content (AvgIpc) is 3.21. The molecule has 0 unspecified atom stereocenters. The van der Waals surface area contributed by atoms with Crippen molar-refractivity contribution in [1.82, 2.24) is 29.9 Å². The van der Waals surface area contributed by atoms with Gasteiger partial charge in [-0.15, -0.1) is 0 Å². The molecule has 0 bridgehead atoms. The van der Waals surface area contributed by atoms with Gasteiger partial charge in [0, 0.05) is 24.8 Å². The van der Waals surface area contributed by atoms with E-state index in [1.807, 2.05) is 134 Å². The summed E-state index contributed by atoms with van der Waals surface area (Å²) in [5.41, 5.74) is 10.8. The molecule has 0 saturated carbocycles. The van der Waals surface area contributed by atoms with E-state index in [1.165, 1.54) is 0 Å². The number of hydrogen-bond donors (Lipinski definition) is 0. The van der Waals surface area contributed by atoms with Crippen molar-refractivity contribution in [2.45, 2.75) is 13.8 Å². The fourth-order valence-electron chi connectivity index (χ4n) is 5.15. The van der Waals surface area contributed by atoms with Gasteiger partial charge in [-0.2, -0.15) is 0 Å². The van der Waals surface area contributed by atoms with E-state index in [-0.39, 0.29) is 0 Å². The predicted octanol–water partition coefficient (Wildman–Crippen LogP) is 11.0. The second-order valence-corrected chi connectivity index (χ2v) is 11.8. The third-order valence-electron chi connectivity index (χ3n) is 7.75. The van der Waals surface area contributed by atoms with Gasteiger partial charge in [0.2, 0.25) is 0 Å². The van der Waals surface area contributed by atoms with Crippen LogP contribution in [0.2, 0.25) is 0 Å². The van der Waals surface area contributed by atoms with Crippen molar-refractivity contribution in [3.05, 3.63) is 205 Å². The average molecular weight is 675 g/mol. The largest absolute Gasteiger partial charge is 0.255 e. The molecule has 6 aromatic rings. The van der Waals surface area contributed by atoms with Crippen LogP contribution in [0.15, 0.2) is 194 Å². The van der Waals surface area contributed by atoms with Gasteiger partial charge in [-0.05, 0) is 97.8 Å². The number of aromatic nitrogens is 6. The van der Waals surface area contributed by atoms with Gasteiger partial charge in [0.15, 0.2) is 0 Å². The molecule has 6 aromatic heterocycles. The Bertz CT molecular complexity index is 2000. The van der Waals surface area contributed by atoms with Crippen molar-refractivity contribution in [3.8, 4) is 45.6 Å². The molecule has 0 aliphatic carbocycles. The summed E-state index contributed by atoms with van der Waals surface area (Å²) in [6.45, 7) is 4.16. The van der Waals surface area contributed by atoms with Gasteiger partial charge in [0.25, 0.3) is 0 Å². The van der Waals surface area contributed by atoms with Gasteiger partial charge in [-0.1, -0.05) is 108 Å². The molecule has 6 heteroatoms. The highest BCUT2D eigenvalue weighted by molar-refractivity contribution is 5.70. The number of hydrogen-bond acceptors (Lipinski definition) is 6. The maximum Gasteiger partial charge on any atom is 0.0900 e. The van der Waals surface area contributed by atoms with E-state index in [2.05, 4.69) is 70.2 Å². The van der Waals surface area contributed by atoms with Crippen LogP contribution in [0.25, 0.3) is 57.7 Å². The Labute approximate surface area is 305 Å². The molecule has 0 spiro atoms. The zero-order chi connectivity index (χ0) is 35.8. The Morgan fingerprint density at radius 2 is 0.712 bits per heavy atom. The molecule has 6 nitrogen and oxygen atoms in total.